The SMILES string of the molecule is CCc1cc(C)c2c(O)n(Cc3ccc(OC(F)(F)F)cc3)cc2c1. The van der Waals surface area contributed by atoms with Gasteiger partial charge < -0.3 is 14.4 Å². The molecular formula is C19H18F3NO2. The lowest BCUT2D eigenvalue weighted by atomic mass is 10.0. The number of aryl methyl sites for hydroxylation is 2. The Bertz CT molecular complexity index is 896. The lowest BCUT2D eigenvalue weighted by Crippen LogP contribution is -2.17. The highest BCUT2D eigenvalue weighted by Crippen LogP contribution is 2.32. The van der Waals surface area contributed by atoms with Crippen molar-refractivity contribution < 1.29 is 23.0 Å². The molecule has 0 aliphatic rings. The van der Waals surface area contributed by atoms with Crippen LogP contribution >= 0.6 is 0 Å². The van der Waals surface area contributed by atoms with Crippen molar-refractivity contribution in [3.05, 3.63) is 59.3 Å². The highest BCUT2D eigenvalue weighted by atomic mass is 19.4. The summed E-state index contributed by atoms with van der Waals surface area (Å²) in [6, 6.07) is 9.73. The van der Waals surface area contributed by atoms with Crippen LogP contribution in [0.15, 0.2) is 42.6 Å². The summed E-state index contributed by atoms with van der Waals surface area (Å²) in [6.45, 7) is 4.38. The van der Waals surface area contributed by atoms with Gasteiger partial charge in [0.25, 0.3) is 0 Å². The normalized spacial score (nSPS) is 11.9. The van der Waals surface area contributed by atoms with Crippen molar-refractivity contribution in [3.8, 4) is 11.6 Å². The number of nitrogens with zero attached hydrogens (tertiary/aromatic N) is 1. The van der Waals surface area contributed by atoms with Crippen molar-refractivity contribution in [2.24, 2.45) is 0 Å². The van der Waals surface area contributed by atoms with E-state index in [0.29, 0.717) is 6.54 Å². The molecule has 0 spiro atoms. The largest absolute Gasteiger partial charge is 0.573 e. The molecule has 132 valence electrons. The molecule has 0 aliphatic heterocycles. The molecule has 25 heavy (non-hydrogen) atoms. The Morgan fingerprint density at radius 1 is 1.08 bits per heavy atom. The maximum Gasteiger partial charge on any atom is 0.573 e. The van der Waals surface area contributed by atoms with E-state index < -0.39 is 6.36 Å². The van der Waals surface area contributed by atoms with Crippen LogP contribution in [-0.4, -0.2) is 16.0 Å². The summed E-state index contributed by atoms with van der Waals surface area (Å²) in [5.41, 5.74) is 2.95. The zero-order valence-electron chi connectivity index (χ0n) is 13.9. The van der Waals surface area contributed by atoms with Gasteiger partial charge in [0.2, 0.25) is 0 Å². The van der Waals surface area contributed by atoms with Gasteiger partial charge in [-0.25, -0.2) is 0 Å². The van der Waals surface area contributed by atoms with E-state index in [1.807, 2.05) is 19.2 Å². The van der Waals surface area contributed by atoms with E-state index in [1.54, 1.807) is 16.7 Å². The van der Waals surface area contributed by atoms with Crippen LogP contribution in [0.1, 0.15) is 23.6 Å². The van der Waals surface area contributed by atoms with Gasteiger partial charge in [0.15, 0.2) is 5.88 Å². The number of rotatable bonds is 4. The molecule has 0 fully saturated rings. The first-order chi connectivity index (χ1) is 11.8. The monoisotopic (exact) mass is 349 g/mol. The second-order valence-electron chi connectivity index (χ2n) is 6.00. The number of hydrogen-bond acceptors (Lipinski definition) is 2. The molecule has 3 aromatic rings. The average molecular weight is 349 g/mol. The van der Waals surface area contributed by atoms with Gasteiger partial charge in [-0.2, -0.15) is 0 Å². The number of halogens is 3. The van der Waals surface area contributed by atoms with E-state index in [1.165, 1.54) is 17.7 Å². The third kappa shape index (κ3) is 3.73. The smallest absolute Gasteiger partial charge is 0.494 e. The summed E-state index contributed by atoms with van der Waals surface area (Å²) in [4.78, 5) is 0. The van der Waals surface area contributed by atoms with E-state index in [2.05, 4.69) is 17.7 Å². The molecule has 3 rings (SSSR count). The third-order valence-corrected chi connectivity index (χ3v) is 4.13. The van der Waals surface area contributed by atoms with Gasteiger partial charge >= 0.3 is 6.36 Å². The second-order valence-corrected chi connectivity index (χ2v) is 6.00. The van der Waals surface area contributed by atoms with Gasteiger partial charge in [-0.15, -0.1) is 13.2 Å². The molecule has 0 saturated heterocycles. The fraction of sp³-hybridized carbons (Fsp3) is 0.263. The van der Waals surface area contributed by atoms with E-state index >= 15 is 0 Å². The van der Waals surface area contributed by atoms with Gasteiger partial charge in [0.05, 0.1) is 6.54 Å². The fourth-order valence-corrected chi connectivity index (χ4v) is 2.99. The Morgan fingerprint density at radius 2 is 1.76 bits per heavy atom. The predicted molar refractivity (Wildman–Crippen MR) is 89.9 cm³/mol. The first kappa shape index (κ1) is 17.2. The summed E-state index contributed by atoms with van der Waals surface area (Å²) < 4.78 is 42.2. The third-order valence-electron chi connectivity index (χ3n) is 4.13. The van der Waals surface area contributed by atoms with Gasteiger partial charge in [0.1, 0.15) is 5.75 Å². The summed E-state index contributed by atoms with van der Waals surface area (Å²) >= 11 is 0. The topological polar surface area (TPSA) is 34.4 Å². The van der Waals surface area contributed by atoms with Gasteiger partial charge in [-0.05, 0) is 48.2 Å². The minimum Gasteiger partial charge on any atom is -0.494 e. The predicted octanol–water partition coefficient (Wildman–Crippen LogP) is 5.16. The number of hydrogen-bond donors (Lipinski definition) is 1. The van der Waals surface area contributed by atoms with E-state index in [-0.39, 0.29) is 11.6 Å². The van der Waals surface area contributed by atoms with Crippen molar-refractivity contribution in [1.82, 2.24) is 4.57 Å². The Morgan fingerprint density at radius 3 is 2.36 bits per heavy atom. The maximum absolute atomic E-state index is 12.2. The van der Waals surface area contributed by atoms with Crippen LogP contribution in [0.3, 0.4) is 0 Å². The highest BCUT2D eigenvalue weighted by Gasteiger charge is 2.30. The zero-order valence-corrected chi connectivity index (χ0v) is 13.9. The minimum absolute atomic E-state index is 0.158. The van der Waals surface area contributed by atoms with Crippen molar-refractivity contribution in [2.45, 2.75) is 33.2 Å². The van der Waals surface area contributed by atoms with Crippen LogP contribution in [0.25, 0.3) is 10.8 Å². The summed E-state index contributed by atoms with van der Waals surface area (Å²) in [5, 5.41) is 12.2. The minimum atomic E-state index is -4.70. The second kappa shape index (κ2) is 6.35. The molecule has 6 heteroatoms. The Labute approximate surface area is 143 Å². The number of alkyl halides is 3. The van der Waals surface area contributed by atoms with Gasteiger partial charge in [-0.3, -0.25) is 0 Å². The summed E-state index contributed by atoms with van der Waals surface area (Å²) in [7, 11) is 0. The van der Waals surface area contributed by atoms with Gasteiger partial charge in [0, 0.05) is 17.0 Å². The van der Waals surface area contributed by atoms with Crippen molar-refractivity contribution in [2.75, 3.05) is 0 Å². The number of fused-ring (bicyclic) bond motifs is 1. The number of ether oxygens (including phenoxy) is 1. The molecule has 2 aromatic carbocycles. The first-order valence-corrected chi connectivity index (χ1v) is 7.93. The first-order valence-electron chi connectivity index (χ1n) is 7.93. The van der Waals surface area contributed by atoms with Crippen molar-refractivity contribution >= 4 is 10.8 Å². The molecule has 1 N–H and O–H groups in total. The van der Waals surface area contributed by atoms with Crippen LogP contribution in [0.5, 0.6) is 11.6 Å². The zero-order chi connectivity index (χ0) is 18.2. The molecular weight excluding hydrogens is 331 g/mol. The van der Waals surface area contributed by atoms with Crippen LogP contribution < -0.4 is 4.74 Å². The van der Waals surface area contributed by atoms with E-state index in [9.17, 15) is 18.3 Å². The molecule has 1 aromatic heterocycles. The maximum atomic E-state index is 12.2. The fourth-order valence-electron chi connectivity index (χ4n) is 2.99. The number of benzene rings is 2. The number of aromatic hydroxyl groups is 1. The van der Waals surface area contributed by atoms with Crippen LogP contribution in [0.2, 0.25) is 0 Å². The Balaban J connectivity index is 1.88. The molecule has 0 unspecified atom stereocenters. The van der Waals surface area contributed by atoms with Crippen LogP contribution in [0, 0.1) is 6.92 Å². The molecule has 0 atom stereocenters. The quantitative estimate of drug-likeness (QED) is 0.705. The number of aromatic nitrogens is 1. The molecule has 0 bridgehead atoms. The lowest BCUT2D eigenvalue weighted by Gasteiger charge is -2.10. The Hall–Kier alpha value is -2.63. The van der Waals surface area contributed by atoms with E-state index in [0.717, 1.165) is 28.3 Å². The Kier molecular flexibility index (Phi) is 4.37. The molecule has 0 radical (unpaired) electrons. The molecule has 0 aliphatic carbocycles. The molecule has 0 saturated carbocycles. The average Bonchev–Trinajstić information content (AvgIpc) is 2.84. The standard InChI is InChI=1S/C19H18F3NO2/c1-3-13-8-12(2)17-15(9-13)11-23(18(17)24)10-14-4-6-16(7-5-14)25-19(20,21)22/h4-9,11,24H,3,10H2,1-2H3. The summed E-state index contributed by atoms with van der Waals surface area (Å²) in [5.74, 6) is -0.104. The molecule has 0 amide bonds. The molecule has 1 heterocycles. The van der Waals surface area contributed by atoms with Crippen LogP contribution in [-0.2, 0) is 13.0 Å². The lowest BCUT2D eigenvalue weighted by molar-refractivity contribution is -0.274. The van der Waals surface area contributed by atoms with Gasteiger partial charge in [-0.1, -0.05) is 25.1 Å². The van der Waals surface area contributed by atoms with E-state index in [4.69, 9.17) is 0 Å². The molecule has 3 nitrogen and oxygen atoms in total. The van der Waals surface area contributed by atoms with Crippen molar-refractivity contribution in [3.63, 3.8) is 0 Å². The van der Waals surface area contributed by atoms with Crippen LogP contribution in [0.4, 0.5) is 13.2 Å². The summed E-state index contributed by atoms with van der Waals surface area (Å²) in [6.07, 6.45) is -1.94. The highest BCUT2D eigenvalue weighted by molar-refractivity contribution is 5.91. The van der Waals surface area contributed by atoms with Crippen molar-refractivity contribution in [1.29, 1.82) is 0 Å².